The van der Waals surface area contributed by atoms with Crippen LogP contribution in [0.2, 0.25) is 0 Å². The van der Waals surface area contributed by atoms with E-state index in [1.54, 1.807) is 0 Å². The van der Waals surface area contributed by atoms with Gasteiger partial charge in [0.2, 0.25) is 0 Å². The Morgan fingerprint density at radius 2 is 2.00 bits per heavy atom. The van der Waals surface area contributed by atoms with E-state index in [1.807, 2.05) is 12.1 Å². The smallest absolute Gasteiger partial charge is 0.123 e. The summed E-state index contributed by atoms with van der Waals surface area (Å²) in [5, 5.41) is 3.54. The highest BCUT2D eigenvalue weighted by atomic mass is 19.1. The second-order valence-electron chi connectivity index (χ2n) is 4.49. The van der Waals surface area contributed by atoms with E-state index in [9.17, 15) is 4.39 Å². The molecule has 0 aliphatic heterocycles. The van der Waals surface area contributed by atoms with Crippen LogP contribution in [-0.4, -0.2) is 12.6 Å². The van der Waals surface area contributed by atoms with Crippen molar-refractivity contribution in [3.05, 3.63) is 35.6 Å². The fourth-order valence-electron chi connectivity index (χ4n) is 1.86. The topological polar surface area (TPSA) is 12.0 Å². The first-order valence-electron chi connectivity index (χ1n) is 5.74. The van der Waals surface area contributed by atoms with Gasteiger partial charge in [0.25, 0.3) is 0 Å². The van der Waals surface area contributed by atoms with Gasteiger partial charge in [-0.05, 0) is 36.5 Å². The summed E-state index contributed by atoms with van der Waals surface area (Å²) in [7, 11) is 0. The van der Waals surface area contributed by atoms with Crippen LogP contribution >= 0.6 is 0 Å². The van der Waals surface area contributed by atoms with Crippen LogP contribution in [0.5, 0.6) is 0 Å². The van der Waals surface area contributed by atoms with E-state index in [0.717, 1.165) is 12.6 Å². The Balaban J connectivity index is 1.83. The third-order valence-electron chi connectivity index (χ3n) is 3.26. The molecule has 0 aromatic heterocycles. The number of rotatable bonds is 4. The van der Waals surface area contributed by atoms with Crippen LogP contribution in [0.15, 0.2) is 24.3 Å². The molecule has 1 aliphatic rings. The first-order valence-corrected chi connectivity index (χ1v) is 5.74. The summed E-state index contributed by atoms with van der Waals surface area (Å²) in [4.78, 5) is 0. The van der Waals surface area contributed by atoms with E-state index in [2.05, 4.69) is 12.2 Å². The minimum absolute atomic E-state index is 0.155. The normalized spacial score (nSPS) is 18.5. The van der Waals surface area contributed by atoms with Crippen LogP contribution in [0.3, 0.4) is 0 Å². The average molecular weight is 207 g/mol. The van der Waals surface area contributed by atoms with Crippen molar-refractivity contribution >= 4 is 0 Å². The van der Waals surface area contributed by atoms with Crippen molar-refractivity contribution in [2.24, 2.45) is 0 Å². The zero-order valence-electron chi connectivity index (χ0n) is 9.17. The molecule has 1 N–H and O–H groups in total. The Kier molecular flexibility index (Phi) is 3.37. The van der Waals surface area contributed by atoms with Crippen molar-refractivity contribution in [2.75, 3.05) is 6.54 Å². The van der Waals surface area contributed by atoms with Crippen molar-refractivity contribution in [3.63, 3.8) is 0 Å². The van der Waals surface area contributed by atoms with Crippen LogP contribution in [0.4, 0.5) is 4.39 Å². The average Bonchev–Trinajstić information content (AvgIpc) is 2.16. The largest absolute Gasteiger partial charge is 0.313 e. The standard InChI is InChI=1S/C13H18FN/c1-10(9-15-13-3-2-4-13)11-5-7-12(14)8-6-11/h5-8,10,13,15H,2-4,9H2,1H3. The van der Waals surface area contributed by atoms with Crippen molar-refractivity contribution in [3.8, 4) is 0 Å². The maximum absolute atomic E-state index is 12.7. The summed E-state index contributed by atoms with van der Waals surface area (Å²) in [6, 6.07) is 7.56. The maximum atomic E-state index is 12.7. The van der Waals surface area contributed by atoms with Gasteiger partial charge in [-0.1, -0.05) is 25.5 Å². The number of hydrogen-bond donors (Lipinski definition) is 1. The van der Waals surface area contributed by atoms with Crippen molar-refractivity contribution < 1.29 is 4.39 Å². The molecule has 0 saturated heterocycles. The van der Waals surface area contributed by atoms with Gasteiger partial charge in [0.1, 0.15) is 5.82 Å². The molecule has 0 bridgehead atoms. The van der Waals surface area contributed by atoms with Gasteiger partial charge in [0.15, 0.2) is 0 Å². The number of halogens is 1. The molecule has 82 valence electrons. The molecule has 0 radical (unpaired) electrons. The molecule has 1 aromatic carbocycles. The van der Waals surface area contributed by atoms with E-state index >= 15 is 0 Å². The van der Waals surface area contributed by atoms with Crippen molar-refractivity contribution in [1.82, 2.24) is 5.32 Å². The second-order valence-corrected chi connectivity index (χ2v) is 4.49. The highest BCUT2D eigenvalue weighted by molar-refractivity contribution is 5.20. The van der Waals surface area contributed by atoms with Crippen LogP contribution in [0.1, 0.15) is 37.7 Å². The summed E-state index contributed by atoms with van der Waals surface area (Å²) in [5.74, 6) is 0.309. The molecule has 15 heavy (non-hydrogen) atoms. The maximum Gasteiger partial charge on any atom is 0.123 e. The van der Waals surface area contributed by atoms with Gasteiger partial charge in [-0.25, -0.2) is 4.39 Å². The summed E-state index contributed by atoms with van der Waals surface area (Å²) in [6.07, 6.45) is 3.99. The summed E-state index contributed by atoms with van der Waals surface area (Å²) >= 11 is 0. The Bertz CT molecular complexity index is 303. The number of nitrogens with one attached hydrogen (secondary N) is 1. The lowest BCUT2D eigenvalue weighted by Crippen LogP contribution is -2.37. The Labute approximate surface area is 90.7 Å². The fourth-order valence-corrected chi connectivity index (χ4v) is 1.86. The molecule has 0 spiro atoms. The summed E-state index contributed by atoms with van der Waals surface area (Å²) in [6.45, 7) is 3.18. The lowest BCUT2D eigenvalue weighted by molar-refractivity contribution is 0.334. The molecule has 1 aliphatic carbocycles. The fraction of sp³-hybridized carbons (Fsp3) is 0.538. The van der Waals surface area contributed by atoms with E-state index in [0.29, 0.717) is 5.92 Å². The van der Waals surface area contributed by atoms with E-state index in [4.69, 9.17) is 0 Å². The number of benzene rings is 1. The highest BCUT2D eigenvalue weighted by Gasteiger charge is 2.17. The SMILES string of the molecule is CC(CNC1CCC1)c1ccc(F)cc1. The van der Waals surface area contributed by atoms with E-state index in [1.165, 1.54) is 37.0 Å². The molecule has 1 aromatic rings. The van der Waals surface area contributed by atoms with Gasteiger partial charge >= 0.3 is 0 Å². The predicted molar refractivity (Wildman–Crippen MR) is 60.5 cm³/mol. The molecule has 1 nitrogen and oxygen atoms in total. The van der Waals surface area contributed by atoms with Gasteiger partial charge in [0, 0.05) is 12.6 Å². The predicted octanol–water partition coefficient (Wildman–Crippen LogP) is 3.07. The molecular weight excluding hydrogens is 189 g/mol. The van der Waals surface area contributed by atoms with Crippen LogP contribution in [0.25, 0.3) is 0 Å². The lowest BCUT2D eigenvalue weighted by atomic mass is 9.92. The van der Waals surface area contributed by atoms with Gasteiger partial charge in [-0.3, -0.25) is 0 Å². The van der Waals surface area contributed by atoms with Gasteiger partial charge in [0.05, 0.1) is 0 Å². The van der Waals surface area contributed by atoms with Gasteiger partial charge in [-0.2, -0.15) is 0 Å². The van der Waals surface area contributed by atoms with E-state index in [-0.39, 0.29) is 5.82 Å². The molecule has 0 amide bonds. The third-order valence-corrected chi connectivity index (χ3v) is 3.26. The first-order chi connectivity index (χ1) is 7.25. The zero-order valence-corrected chi connectivity index (χ0v) is 9.17. The third kappa shape index (κ3) is 2.78. The molecule has 1 atom stereocenters. The molecule has 1 unspecified atom stereocenters. The molecular formula is C13H18FN. The highest BCUT2D eigenvalue weighted by Crippen LogP contribution is 2.20. The Morgan fingerprint density at radius 1 is 1.33 bits per heavy atom. The second kappa shape index (κ2) is 4.75. The summed E-state index contributed by atoms with van der Waals surface area (Å²) < 4.78 is 12.7. The summed E-state index contributed by atoms with van der Waals surface area (Å²) in [5.41, 5.74) is 1.21. The quantitative estimate of drug-likeness (QED) is 0.800. The molecule has 2 heteroatoms. The van der Waals surface area contributed by atoms with Crippen LogP contribution in [-0.2, 0) is 0 Å². The van der Waals surface area contributed by atoms with Crippen molar-refractivity contribution in [1.29, 1.82) is 0 Å². The van der Waals surface area contributed by atoms with Crippen LogP contribution in [0, 0.1) is 5.82 Å². The minimum atomic E-state index is -0.155. The van der Waals surface area contributed by atoms with Gasteiger partial charge < -0.3 is 5.32 Å². The molecule has 1 saturated carbocycles. The zero-order chi connectivity index (χ0) is 10.7. The number of hydrogen-bond acceptors (Lipinski definition) is 1. The molecule has 1 fully saturated rings. The van der Waals surface area contributed by atoms with Crippen LogP contribution < -0.4 is 5.32 Å². The van der Waals surface area contributed by atoms with E-state index < -0.39 is 0 Å². The Hall–Kier alpha value is -0.890. The monoisotopic (exact) mass is 207 g/mol. The molecule has 2 rings (SSSR count). The minimum Gasteiger partial charge on any atom is -0.313 e. The first kappa shape index (κ1) is 10.6. The Morgan fingerprint density at radius 3 is 2.53 bits per heavy atom. The lowest BCUT2D eigenvalue weighted by Gasteiger charge is -2.28. The molecule has 0 heterocycles. The van der Waals surface area contributed by atoms with Crippen molar-refractivity contribution in [2.45, 2.75) is 38.1 Å². The van der Waals surface area contributed by atoms with Gasteiger partial charge in [-0.15, -0.1) is 0 Å².